The highest BCUT2D eigenvalue weighted by Gasteiger charge is 2.23. The predicted octanol–water partition coefficient (Wildman–Crippen LogP) is 0.709. The minimum atomic E-state index is 0.486. The van der Waals surface area contributed by atoms with E-state index >= 15 is 0 Å². The number of nitrogens with zero attached hydrogens (tertiary/aromatic N) is 2. The van der Waals surface area contributed by atoms with Crippen LogP contribution < -0.4 is 5.32 Å². The van der Waals surface area contributed by atoms with Crippen molar-refractivity contribution in [1.29, 1.82) is 0 Å². The summed E-state index contributed by atoms with van der Waals surface area (Å²) in [6.45, 7) is 4.09. The molecule has 4 heteroatoms. The molecule has 0 amide bonds. The minimum Gasteiger partial charge on any atom is -0.339 e. The largest absolute Gasteiger partial charge is 0.339 e. The van der Waals surface area contributed by atoms with Crippen molar-refractivity contribution < 1.29 is 4.52 Å². The quantitative estimate of drug-likeness (QED) is 0.720. The molecule has 1 saturated heterocycles. The van der Waals surface area contributed by atoms with Gasteiger partial charge in [0.1, 0.15) is 0 Å². The molecule has 1 N–H and O–H groups in total. The molecule has 1 aromatic heterocycles. The van der Waals surface area contributed by atoms with E-state index in [2.05, 4.69) is 22.4 Å². The van der Waals surface area contributed by atoms with Crippen molar-refractivity contribution in [2.75, 3.05) is 13.1 Å². The van der Waals surface area contributed by atoms with Crippen LogP contribution in [0, 0.1) is 0 Å². The van der Waals surface area contributed by atoms with Crippen LogP contribution >= 0.6 is 0 Å². The van der Waals surface area contributed by atoms with E-state index in [9.17, 15) is 0 Å². The van der Waals surface area contributed by atoms with Gasteiger partial charge < -0.3 is 9.84 Å². The molecule has 0 saturated carbocycles. The Balaban J connectivity index is 2.02. The van der Waals surface area contributed by atoms with E-state index in [-0.39, 0.29) is 0 Å². The summed E-state index contributed by atoms with van der Waals surface area (Å²) >= 11 is 0. The van der Waals surface area contributed by atoms with Crippen LogP contribution in [0.15, 0.2) is 4.52 Å². The smallest absolute Gasteiger partial charge is 0.226 e. The lowest BCUT2D eigenvalue weighted by molar-refractivity contribution is 0.355. The minimum absolute atomic E-state index is 0.486. The lowest BCUT2D eigenvalue weighted by Crippen LogP contribution is -2.40. The zero-order valence-corrected chi connectivity index (χ0v) is 7.21. The molecule has 0 bridgehead atoms. The zero-order valence-electron chi connectivity index (χ0n) is 7.21. The maximum Gasteiger partial charge on any atom is 0.226 e. The van der Waals surface area contributed by atoms with Crippen molar-refractivity contribution >= 4 is 0 Å². The van der Waals surface area contributed by atoms with Gasteiger partial charge >= 0.3 is 0 Å². The molecule has 0 unspecified atom stereocenters. The van der Waals surface area contributed by atoms with Crippen LogP contribution in [-0.2, 0) is 6.42 Å². The second-order valence-electron chi connectivity index (χ2n) is 3.15. The topological polar surface area (TPSA) is 51.0 Å². The highest BCUT2D eigenvalue weighted by molar-refractivity contribution is 5.02. The van der Waals surface area contributed by atoms with Crippen LogP contribution in [-0.4, -0.2) is 23.2 Å². The molecule has 0 radical (unpaired) electrons. The standard InChI is InChI=1S/C8H13N3O/c1-2-3-7-10-8(11-12-7)6-4-9-5-6/h6,9H,2-5H2,1H3. The first-order valence-electron chi connectivity index (χ1n) is 4.43. The Hall–Kier alpha value is -0.900. The number of aryl methyl sites for hydroxylation is 1. The molecule has 0 atom stereocenters. The lowest BCUT2D eigenvalue weighted by Gasteiger charge is -2.23. The van der Waals surface area contributed by atoms with Gasteiger partial charge in [0.2, 0.25) is 5.89 Å². The molecule has 1 fully saturated rings. The van der Waals surface area contributed by atoms with E-state index in [4.69, 9.17) is 4.52 Å². The fraction of sp³-hybridized carbons (Fsp3) is 0.750. The Morgan fingerprint density at radius 1 is 1.58 bits per heavy atom. The molecule has 66 valence electrons. The third kappa shape index (κ3) is 1.34. The van der Waals surface area contributed by atoms with Gasteiger partial charge in [-0.1, -0.05) is 12.1 Å². The Kier molecular flexibility index (Phi) is 2.08. The highest BCUT2D eigenvalue weighted by Crippen LogP contribution is 2.16. The van der Waals surface area contributed by atoms with Crippen molar-refractivity contribution in [3.63, 3.8) is 0 Å². The Labute approximate surface area is 71.4 Å². The summed E-state index contributed by atoms with van der Waals surface area (Å²) in [5.74, 6) is 2.14. The van der Waals surface area contributed by atoms with Gasteiger partial charge in [-0.25, -0.2) is 0 Å². The fourth-order valence-corrected chi connectivity index (χ4v) is 1.22. The van der Waals surface area contributed by atoms with Crippen LogP contribution in [0.5, 0.6) is 0 Å². The third-order valence-electron chi connectivity index (χ3n) is 2.09. The van der Waals surface area contributed by atoms with Crippen molar-refractivity contribution in [3.8, 4) is 0 Å². The van der Waals surface area contributed by atoms with Crippen LogP contribution in [0.3, 0.4) is 0 Å². The van der Waals surface area contributed by atoms with Crippen molar-refractivity contribution in [1.82, 2.24) is 15.5 Å². The molecule has 1 aliphatic heterocycles. The first-order chi connectivity index (χ1) is 5.90. The van der Waals surface area contributed by atoms with Gasteiger partial charge in [-0.05, 0) is 6.42 Å². The molecule has 0 spiro atoms. The first-order valence-corrected chi connectivity index (χ1v) is 4.43. The molecule has 0 aliphatic carbocycles. The van der Waals surface area contributed by atoms with Gasteiger partial charge in [-0.2, -0.15) is 4.98 Å². The monoisotopic (exact) mass is 167 g/mol. The number of nitrogens with one attached hydrogen (secondary N) is 1. The van der Waals surface area contributed by atoms with Crippen LogP contribution in [0.2, 0.25) is 0 Å². The van der Waals surface area contributed by atoms with Gasteiger partial charge in [0.05, 0.1) is 0 Å². The van der Waals surface area contributed by atoms with Crippen LogP contribution in [0.4, 0.5) is 0 Å². The van der Waals surface area contributed by atoms with Crippen molar-refractivity contribution in [2.24, 2.45) is 0 Å². The van der Waals surface area contributed by atoms with E-state index in [1.807, 2.05) is 0 Å². The number of rotatable bonds is 3. The molecular formula is C8H13N3O. The number of hydrogen-bond donors (Lipinski definition) is 1. The SMILES string of the molecule is CCCc1nc(C2CNC2)no1. The third-order valence-corrected chi connectivity index (χ3v) is 2.09. The summed E-state index contributed by atoms with van der Waals surface area (Å²) in [6.07, 6.45) is 1.96. The van der Waals surface area contributed by atoms with Crippen LogP contribution in [0.1, 0.15) is 31.0 Å². The summed E-state index contributed by atoms with van der Waals surface area (Å²) in [4.78, 5) is 4.30. The fourth-order valence-electron chi connectivity index (χ4n) is 1.22. The summed E-state index contributed by atoms with van der Waals surface area (Å²) in [5, 5.41) is 7.11. The molecule has 2 rings (SSSR count). The van der Waals surface area contributed by atoms with Gasteiger partial charge in [0.15, 0.2) is 5.82 Å². The predicted molar refractivity (Wildman–Crippen MR) is 43.9 cm³/mol. The van der Waals surface area contributed by atoms with Gasteiger partial charge in [0, 0.05) is 25.4 Å². The average Bonchev–Trinajstić information content (AvgIpc) is 2.34. The molecule has 12 heavy (non-hydrogen) atoms. The van der Waals surface area contributed by atoms with E-state index < -0.39 is 0 Å². The van der Waals surface area contributed by atoms with E-state index in [1.54, 1.807) is 0 Å². The van der Waals surface area contributed by atoms with Gasteiger partial charge in [-0.15, -0.1) is 0 Å². The Morgan fingerprint density at radius 3 is 3.00 bits per heavy atom. The van der Waals surface area contributed by atoms with Gasteiger partial charge in [0.25, 0.3) is 0 Å². The van der Waals surface area contributed by atoms with Crippen molar-refractivity contribution in [2.45, 2.75) is 25.7 Å². The second kappa shape index (κ2) is 3.23. The molecular weight excluding hydrogens is 154 g/mol. The van der Waals surface area contributed by atoms with Crippen LogP contribution in [0.25, 0.3) is 0 Å². The maximum absolute atomic E-state index is 5.07. The molecule has 2 heterocycles. The van der Waals surface area contributed by atoms with Gasteiger partial charge in [-0.3, -0.25) is 0 Å². The summed E-state index contributed by atoms with van der Waals surface area (Å²) < 4.78 is 5.07. The summed E-state index contributed by atoms with van der Waals surface area (Å²) in [7, 11) is 0. The van der Waals surface area contributed by atoms with E-state index in [0.29, 0.717) is 5.92 Å². The molecule has 1 aliphatic rings. The Morgan fingerprint density at radius 2 is 2.42 bits per heavy atom. The molecule has 1 aromatic rings. The average molecular weight is 167 g/mol. The van der Waals surface area contributed by atoms with E-state index in [1.165, 1.54) is 0 Å². The summed E-state index contributed by atoms with van der Waals surface area (Å²) in [5.41, 5.74) is 0. The maximum atomic E-state index is 5.07. The number of aromatic nitrogens is 2. The second-order valence-corrected chi connectivity index (χ2v) is 3.15. The molecule has 4 nitrogen and oxygen atoms in total. The lowest BCUT2D eigenvalue weighted by atomic mass is 10.0. The zero-order chi connectivity index (χ0) is 8.39. The van der Waals surface area contributed by atoms with Crippen molar-refractivity contribution in [3.05, 3.63) is 11.7 Å². The normalized spacial score (nSPS) is 17.8. The highest BCUT2D eigenvalue weighted by atomic mass is 16.5. The molecule has 0 aromatic carbocycles. The number of hydrogen-bond acceptors (Lipinski definition) is 4. The van der Waals surface area contributed by atoms with E-state index in [0.717, 1.165) is 37.6 Å². The summed E-state index contributed by atoms with van der Waals surface area (Å²) in [6, 6.07) is 0. The first kappa shape index (κ1) is 7.73. The Bertz CT molecular complexity index is 255.